The van der Waals surface area contributed by atoms with Crippen molar-refractivity contribution in [2.24, 2.45) is 0 Å². The predicted octanol–water partition coefficient (Wildman–Crippen LogP) is 1.98. The lowest BCUT2D eigenvalue weighted by atomic mass is 10.1. The number of hydrogen-bond donors (Lipinski definition) is 3. The number of aliphatic hydroxyl groups is 1. The van der Waals surface area contributed by atoms with E-state index < -0.39 is 0 Å². The van der Waals surface area contributed by atoms with Crippen LogP contribution in [0, 0.1) is 0 Å². The van der Waals surface area contributed by atoms with Crippen molar-refractivity contribution in [2.75, 3.05) is 18.4 Å². The van der Waals surface area contributed by atoms with Gasteiger partial charge in [-0.25, -0.2) is 0 Å². The predicted molar refractivity (Wildman–Crippen MR) is 68.6 cm³/mol. The summed E-state index contributed by atoms with van der Waals surface area (Å²) in [6.45, 7) is 8.28. The van der Waals surface area contributed by atoms with E-state index in [9.17, 15) is 0 Å². The molecule has 1 aromatic carbocycles. The van der Waals surface area contributed by atoms with E-state index in [2.05, 4.69) is 31.4 Å². The van der Waals surface area contributed by atoms with Gasteiger partial charge in [-0.1, -0.05) is 18.2 Å². The average molecular weight is 222 g/mol. The third kappa shape index (κ3) is 4.64. The summed E-state index contributed by atoms with van der Waals surface area (Å²) >= 11 is 0. The molecule has 0 radical (unpaired) electrons. The summed E-state index contributed by atoms with van der Waals surface area (Å²) in [6, 6.07) is 7.82. The number of aliphatic hydroxyl groups excluding tert-OH is 1. The molecule has 0 spiro atoms. The van der Waals surface area contributed by atoms with E-state index >= 15 is 0 Å². The van der Waals surface area contributed by atoms with Crippen molar-refractivity contribution in [1.82, 2.24) is 5.32 Å². The standard InChI is InChI=1S/C13H22N2O/c1-13(2,3)15-9-8-14-12-7-5-4-6-11(12)10-16/h4-7,14-16H,8-10H2,1-3H3. The Morgan fingerprint density at radius 1 is 1.12 bits per heavy atom. The normalized spacial score (nSPS) is 11.5. The minimum Gasteiger partial charge on any atom is -0.392 e. The van der Waals surface area contributed by atoms with Gasteiger partial charge in [0, 0.05) is 29.9 Å². The van der Waals surface area contributed by atoms with Crippen molar-refractivity contribution in [3.63, 3.8) is 0 Å². The molecule has 3 N–H and O–H groups in total. The number of rotatable bonds is 5. The highest BCUT2D eigenvalue weighted by Crippen LogP contribution is 2.13. The molecule has 0 aliphatic rings. The van der Waals surface area contributed by atoms with Gasteiger partial charge in [-0.05, 0) is 26.8 Å². The van der Waals surface area contributed by atoms with Gasteiger partial charge in [-0.3, -0.25) is 0 Å². The summed E-state index contributed by atoms with van der Waals surface area (Å²) < 4.78 is 0. The van der Waals surface area contributed by atoms with Crippen molar-refractivity contribution < 1.29 is 5.11 Å². The Labute approximate surface area is 97.9 Å². The van der Waals surface area contributed by atoms with Gasteiger partial charge in [-0.15, -0.1) is 0 Å². The molecule has 16 heavy (non-hydrogen) atoms. The molecular weight excluding hydrogens is 200 g/mol. The van der Waals surface area contributed by atoms with Crippen LogP contribution in [0.25, 0.3) is 0 Å². The van der Waals surface area contributed by atoms with Crippen LogP contribution in [0.15, 0.2) is 24.3 Å². The Bertz CT molecular complexity index is 318. The summed E-state index contributed by atoms with van der Waals surface area (Å²) in [7, 11) is 0. The van der Waals surface area contributed by atoms with E-state index in [1.165, 1.54) is 0 Å². The molecule has 0 aromatic heterocycles. The Balaban J connectivity index is 2.37. The summed E-state index contributed by atoms with van der Waals surface area (Å²) in [5, 5.41) is 15.9. The van der Waals surface area contributed by atoms with Gasteiger partial charge in [0.25, 0.3) is 0 Å². The van der Waals surface area contributed by atoms with Crippen LogP contribution < -0.4 is 10.6 Å². The summed E-state index contributed by atoms with van der Waals surface area (Å²) in [6.07, 6.45) is 0. The molecule has 0 fully saturated rings. The molecule has 0 aliphatic carbocycles. The average Bonchev–Trinajstić information content (AvgIpc) is 2.23. The first-order valence-electron chi connectivity index (χ1n) is 5.70. The van der Waals surface area contributed by atoms with Crippen LogP contribution in [-0.2, 0) is 6.61 Å². The first-order chi connectivity index (χ1) is 7.53. The Hall–Kier alpha value is -1.06. The Kier molecular flexibility index (Phi) is 4.77. The lowest BCUT2D eigenvalue weighted by Gasteiger charge is -2.21. The van der Waals surface area contributed by atoms with Crippen LogP contribution in [0.3, 0.4) is 0 Å². The van der Waals surface area contributed by atoms with Crippen molar-refractivity contribution in [2.45, 2.75) is 32.9 Å². The molecule has 0 saturated heterocycles. The molecule has 90 valence electrons. The van der Waals surface area contributed by atoms with Crippen molar-refractivity contribution in [3.8, 4) is 0 Å². The van der Waals surface area contributed by atoms with Crippen LogP contribution in [0.4, 0.5) is 5.69 Å². The van der Waals surface area contributed by atoms with E-state index in [4.69, 9.17) is 5.11 Å². The van der Waals surface area contributed by atoms with E-state index in [1.807, 2.05) is 24.3 Å². The zero-order chi connectivity index (χ0) is 12.0. The molecular formula is C13H22N2O. The molecule has 1 rings (SSSR count). The fourth-order valence-corrected chi connectivity index (χ4v) is 1.47. The lowest BCUT2D eigenvalue weighted by Crippen LogP contribution is -2.38. The molecule has 1 aromatic rings. The largest absolute Gasteiger partial charge is 0.392 e. The number of anilines is 1. The minimum absolute atomic E-state index is 0.0792. The second-order valence-corrected chi connectivity index (χ2v) is 4.92. The molecule has 3 heteroatoms. The quantitative estimate of drug-likeness (QED) is 0.667. The fourth-order valence-electron chi connectivity index (χ4n) is 1.47. The summed E-state index contributed by atoms with van der Waals surface area (Å²) in [5.41, 5.74) is 2.11. The summed E-state index contributed by atoms with van der Waals surface area (Å²) in [4.78, 5) is 0. The molecule has 0 heterocycles. The highest BCUT2D eigenvalue weighted by Gasteiger charge is 2.07. The first kappa shape index (κ1) is 13.0. The number of para-hydroxylation sites is 1. The Morgan fingerprint density at radius 3 is 2.44 bits per heavy atom. The van der Waals surface area contributed by atoms with Gasteiger partial charge in [0.1, 0.15) is 0 Å². The van der Waals surface area contributed by atoms with Gasteiger partial charge < -0.3 is 15.7 Å². The fraction of sp³-hybridized carbons (Fsp3) is 0.538. The molecule has 0 amide bonds. The maximum Gasteiger partial charge on any atom is 0.0701 e. The second kappa shape index (κ2) is 5.87. The first-order valence-corrected chi connectivity index (χ1v) is 5.70. The van der Waals surface area contributed by atoms with Crippen LogP contribution >= 0.6 is 0 Å². The smallest absolute Gasteiger partial charge is 0.0701 e. The monoisotopic (exact) mass is 222 g/mol. The zero-order valence-electron chi connectivity index (χ0n) is 10.4. The zero-order valence-corrected chi connectivity index (χ0v) is 10.4. The Morgan fingerprint density at radius 2 is 1.81 bits per heavy atom. The van der Waals surface area contributed by atoms with Crippen LogP contribution in [-0.4, -0.2) is 23.7 Å². The number of hydrogen-bond acceptors (Lipinski definition) is 3. The van der Waals surface area contributed by atoms with Crippen molar-refractivity contribution in [3.05, 3.63) is 29.8 Å². The highest BCUT2D eigenvalue weighted by atomic mass is 16.3. The molecule has 0 bridgehead atoms. The van der Waals surface area contributed by atoms with E-state index in [0.29, 0.717) is 0 Å². The molecule has 0 aliphatic heterocycles. The third-order valence-corrected chi connectivity index (χ3v) is 2.28. The second-order valence-electron chi connectivity index (χ2n) is 4.92. The maximum absolute atomic E-state index is 9.15. The molecule has 0 saturated carbocycles. The number of nitrogens with one attached hydrogen (secondary N) is 2. The van der Waals surface area contributed by atoms with Crippen LogP contribution in [0.1, 0.15) is 26.3 Å². The van der Waals surface area contributed by atoms with Crippen molar-refractivity contribution >= 4 is 5.69 Å². The van der Waals surface area contributed by atoms with Crippen LogP contribution in [0.5, 0.6) is 0 Å². The molecule has 0 atom stereocenters. The minimum atomic E-state index is 0.0792. The van der Waals surface area contributed by atoms with Gasteiger partial charge in [0.15, 0.2) is 0 Å². The highest BCUT2D eigenvalue weighted by molar-refractivity contribution is 5.50. The van der Waals surface area contributed by atoms with Gasteiger partial charge in [-0.2, -0.15) is 0 Å². The van der Waals surface area contributed by atoms with Crippen molar-refractivity contribution in [1.29, 1.82) is 0 Å². The van der Waals surface area contributed by atoms with Gasteiger partial charge in [0.05, 0.1) is 6.61 Å². The van der Waals surface area contributed by atoms with E-state index in [-0.39, 0.29) is 12.1 Å². The summed E-state index contributed by atoms with van der Waals surface area (Å²) in [5.74, 6) is 0. The van der Waals surface area contributed by atoms with Gasteiger partial charge in [0.2, 0.25) is 0 Å². The molecule has 0 unspecified atom stereocenters. The van der Waals surface area contributed by atoms with Gasteiger partial charge >= 0.3 is 0 Å². The lowest BCUT2D eigenvalue weighted by molar-refractivity contribution is 0.282. The SMILES string of the molecule is CC(C)(C)NCCNc1ccccc1CO. The maximum atomic E-state index is 9.15. The topological polar surface area (TPSA) is 44.3 Å². The van der Waals surface area contributed by atoms with Crippen LogP contribution in [0.2, 0.25) is 0 Å². The van der Waals surface area contributed by atoms with E-state index in [0.717, 1.165) is 24.3 Å². The third-order valence-electron chi connectivity index (χ3n) is 2.28. The molecule has 3 nitrogen and oxygen atoms in total. The number of benzene rings is 1. The van der Waals surface area contributed by atoms with E-state index in [1.54, 1.807) is 0 Å².